The van der Waals surface area contributed by atoms with Crippen molar-refractivity contribution >= 4 is 5.91 Å². The predicted octanol–water partition coefficient (Wildman–Crippen LogP) is 0.986. The predicted molar refractivity (Wildman–Crippen MR) is 93.6 cm³/mol. The highest BCUT2D eigenvalue weighted by Gasteiger charge is 2.19. The van der Waals surface area contributed by atoms with Crippen LogP contribution >= 0.6 is 0 Å². The average molecular weight is 345 g/mol. The van der Waals surface area contributed by atoms with E-state index in [9.17, 15) is 4.79 Å². The number of hydrogen-bond donors (Lipinski definition) is 1. The lowest BCUT2D eigenvalue weighted by molar-refractivity contribution is -0.131. The highest BCUT2D eigenvalue weighted by molar-refractivity contribution is 5.76. The molecule has 0 radical (unpaired) electrons. The van der Waals surface area contributed by atoms with E-state index in [2.05, 4.69) is 31.6 Å². The van der Waals surface area contributed by atoms with E-state index >= 15 is 0 Å². The molecular formula is C17H27N7O. The molecule has 0 aliphatic carbocycles. The second-order valence-electron chi connectivity index (χ2n) is 6.70. The number of H-pyrrole nitrogens is 1. The lowest BCUT2D eigenvalue weighted by Gasteiger charge is -2.21. The number of aromatic nitrogens is 5. The first-order valence-electron chi connectivity index (χ1n) is 9.03. The van der Waals surface area contributed by atoms with Crippen molar-refractivity contribution < 1.29 is 4.79 Å². The van der Waals surface area contributed by atoms with Gasteiger partial charge in [0.2, 0.25) is 5.91 Å². The largest absolute Gasteiger partial charge is 0.341 e. The molecule has 0 atom stereocenters. The first kappa shape index (κ1) is 17.6. The molecule has 2 aromatic rings. The molecule has 8 nitrogen and oxygen atoms in total. The van der Waals surface area contributed by atoms with Gasteiger partial charge in [0.05, 0.1) is 18.1 Å². The minimum atomic E-state index is 0.281. The van der Waals surface area contributed by atoms with Gasteiger partial charge in [-0.15, -0.1) is 0 Å². The molecule has 1 N–H and O–H groups in total. The Bertz CT molecular complexity index is 652. The highest BCUT2D eigenvalue weighted by atomic mass is 16.2. The van der Waals surface area contributed by atoms with Crippen molar-refractivity contribution in [1.82, 2.24) is 35.0 Å². The molecule has 2 aromatic heterocycles. The van der Waals surface area contributed by atoms with Crippen LogP contribution in [0.15, 0.2) is 18.6 Å². The second-order valence-corrected chi connectivity index (χ2v) is 6.70. The molecule has 0 saturated carbocycles. The molecule has 3 heterocycles. The number of amides is 1. The van der Waals surface area contributed by atoms with Crippen LogP contribution in [0.25, 0.3) is 0 Å². The number of rotatable bonds is 7. The topological polar surface area (TPSA) is 82.9 Å². The summed E-state index contributed by atoms with van der Waals surface area (Å²) in [6, 6.07) is 0. The fourth-order valence-corrected chi connectivity index (χ4v) is 3.28. The van der Waals surface area contributed by atoms with Crippen LogP contribution in [0, 0.1) is 0 Å². The molecule has 1 aliphatic rings. The fourth-order valence-electron chi connectivity index (χ4n) is 3.28. The van der Waals surface area contributed by atoms with Crippen molar-refractivity contribution in [2.45, 2.75) is 38.6 Å². The third-order valence-electron chi connectivity index (χ3n) is 4.64. The SMILES string of the molecule is Cn1cc(CN2CCCN(C(=O)CCCCc3cn[nH]n3)CC2)cn1. The van der Waals surface area contributed by atoms with Gasteiger partial charge in [-0.3, -0.25) is 14.4 Å². The summed E-state index contributed by atoms with van der Waals surface area (Å²) >= 11 is 0. The van der Waals surface area contributed by atoms with E-state index in [1.807, 2.05) is 22.8 Å². The maximum absolute atomic E-state index is 12.4. The van der Waals surface area contributed by atoms with Crippen LogP contribution in [-0.4, -0.2) is 67.1 Å². The van der Waals surface area contributed by atoms with Crippen LogP contribution in [0.5, 0.6) is 0 Å². The second kappa shape index (κ2) is 8.75. The summed E-state index contributed by atoms with van der Waals surface area (Å²) in [6.07, 6.45) is 10.1. The minimum Gasteiger partial charge on any atom is -0.341 e. The summed E-state index contributed by atoms with van der Waals surface area (Å²) in [5, 5.41) is 14.7. The Morgan fingerprint density at radius 2 is 2.12 bits per heavy atom. The first-order chi connectivity index (χ1) is 12.2. The molecule has 1 aliphatic heterocycles. The number of carbonyl (C=O) groups is 1. The molecule has 0 unspecified atom stereocenters. The number of aromatic amines is 1. The number of nitrogens with zero attached hydrogens (tertiary/aromatic N) is 6. The number of carbonyl (C=O) groups excluding carboxylic acids is 1. The van der Waals surface area contributed by atoms with E-state index in [0.29, 0.717) is 6.42 Å². The van der Waals surface area contributed by atoms with Gasteiger partial charge in [-0.05, 0) is 25.7 Å². The Labute approximate surface area is 148 Å². The molecule has 0 spiro atoms. The lowest BCUT2D eigenvalue weighted by atomic mass is 10.1. The third-order valence-corrected chi connectivity index (χ3v) is 4.64. The summed E-state index contributed by atoms with van der Waals surface area (Å²) in [5.74, 6) is 0.281. The Morgan fingerprint density at radius 1 is 1.20 bits per heavy atom. The van der Waals surface area contributed by atoms with E-state index < -0.39 is 0 Å². The fraction of sp³-hybridized carbons (Fsp3) is 0.647. The summed E-state index contributed by atoms with van der Waals surface area (Å²) in [5.41, 5.74) is 2.20. The molecule has 1 fully saturated rings. The molecule has 1 saturated heterocycles. The number of hydrogen-bond acceptors (Lipinski definition) is 5. The molecule has 0 bridgehead atoms. The van der Waals surface area contributed by atoms with Gasteiger partial charge in [-0.1, -0.05) is 0 Å². The lowest BCUT2D eigenvalue weighted by Crippen LogP contribution is -2.34. The minimum absolute atomic E-state index is 0.281. The van der Waals surface area contributed by atoms with Crippen molar-refractivity contribution in [2.75, 3.05) is 26.2 Å². The molecule has 1 amide bonds. The van der Waals surface area contributed by atoms with Gasteiger partial charge in [-0.2, -0.15) is 20.5 Å². The van der Waals surface area contributed by atoms with Gasteiger partial charge in [-0.25, -0.2) is 0 Å². The van der Waals surface area contributed by atoms with E-state index in [1.54, 1.807) is 6.20 Å². The zero-order chi connectivity index (χ0) is 17.5. The first-order valence-corrected chi connectivity index (χ1v) is 9.03. The summed E-state index contributed by atoms with van der Waals surface area (Å²) in [6.45, 7) is 4.56. The summed E-state index contributed by atoms with van der Waals surface area (Å²) in [4.78, 5) is 16.9. The van der Waals surface area contributed by atoms with Crippen LogP contribution in [0.1, 0.15) is 36.9 Å². The Kier molecular flexibility index (Phi) is 6.16. The van der Waals surface area contributed by atoms with Gasteiger partial charge < -0.3 is 4.90 Å². The van der Waals surface area contributed by atoms with Crippen molar-refractivity contribution in [2.24, 2.45) is 7.05 Å². The van der Waals surface area contributed by atoms with Crippen LogP contribution in [0.4, 0.5) is 0 Å². The van der Waals surface area contributed by atoms with Crippen molar-refractivity contribution in [3.63, 3.8) is 0 Å². The summed E-state index contributed by atoms with van der Waals surface area (Å²) < 4.78 is 1.84. The van der Waals surface area contributed by atoms with Crippen molar-refractivity contribution in [3.8, 4) is 0 Å². The van der Waals surface area contributed by atoms with Crippen LogP contribution in [-0.2, 0) is 24.8 Å². The standard InChI is InChI=1S/C17H27N7O/c1-22-13-15(11-19-22)14-23-7-4-8-24(10-9-23)17(25)6-3-2-5-16-12-18-21-20-16/h11-13H,2-10,14H2,1H3,(H,18,20,21). The maximum Gasteiger partial charge on any atom is 0.222 e. The van der Waals surface area contributed by atoms with Gasteiger partial charge in [0.25, 0.3) is 0 Å². The van der Waals surface area contributed by atoms with E-state index in [4.69, 9.17) is 0 Å². The number of nitrogens with one attached hydrogen (secondary N) is 1. The maximum atomic E-state index is 12.4. The average Bonchev–Trinajstić information content (AvgIpc) is 3.19. The molecule has 3 rings (SSSR count). The molecular weight excluding hydrogens is 318 g/mol. The van der Waals surface area contributed by atoms with Gasteiger partial charge in [0.15, 0.2) is 0 Å². The van der Waals surface area contributed by atoms with E-state index in [1.165, 1.54) is 5.56 Å². The van der Waals surface area contributed by atoms with E-state index in [0.717, 1.165) is 64.1 Å². The van der Waals surface area contributed by atoms with Crippen LogP contribution < -0.4 is 0 Å². The van der Waals surface area contributed by atoms with Gasteiger partial charge in [0.1, 0.15) is 0 Å². The Balaban J connectivity index is 1.37. The molecule has 136 valence electrons. The monoisotopic (exact) mass is 345 g/mol. The Morgan fingerprint density at radius 3 is 2.88 bits per heavy atom. The molecule has 0 aromatic carbocycles. The number of aryl methyl sites for hydroxylation is 2. The normalized spacial score (nSPS) is 16.1. The van der Waals surface area contributed by atoms with Gasteiger partial charge >= 0.3 is 0 Å². The smallest absolute Gasteiger partial charge is 0.222 e. The molecule has 25 heavy (non-hydrogen) atoms. The highest BCUT2D eigenvalue weighted by Crippen LogP contribution is 2.11. The van der Waals surface area contributed by atoms with Crippen LogP contribution in [0.3, 0.4) is 0 Å². The zero-order valence-electron chi connectivity index (χ0n) is 14.9. The van der Waals surface area contributed by atoms with E-state index in [-0.39, 0.29) is 5.91 Å². The third kappa shape index (κ3) is 5.38. The van der Waals surface area contributed by atoms with Crippen molar-refractivity contribution in [3.05, 3.63) is 29.8 Å². The van der Waals surface area contributed by atoms with Crippen LogP contribution in [0.2, 0.25) is 0 Å². The number of unbranched alkanes of at least 4 members (excludes halogenated alkanes) is 1. The van der Waals surface area contributed by atoms with Crippen molar-refractivity contribution in [1.29, 1.82) is 0 Å². The zero-order valence-corrected chi connectivity index (χ0v) is 14.9. The summed E-state index contributed by atoms with van der Waals surface area (Å²) in [7, 11) is 1.94. The molecule has 8 heteroatoms. The Hall–Kier alpha value is -2.22. The quantitative estimate of drug-likeness (QED) is 0.757. The van der Waals surface area contributed by atoms with Gasteiger partial charge in [0, 0.05) is 58.0 Å².